The van der Waals surface area contributed by atoms with Crippen LogP contribution in [0.5, 0.6) is 11.8 Å². The number of methoxy groups -OCH3 is 1. The van der Waals surface area contributed by atoms with Crippen LogP contribution in [0.4, 0.5) is 35.2 Å². The molecule has 0 bridgehead atoms. The van der Waals surface area contributed by atoms with Crippen LogP contribution in [-0.4, -0.2) is 126 Å². The van der Waals surface area contributed by atoms with Gasteiger partial charge in [0.05, 0.1) is 54.2 Å². The molecular weight excluding hydrogens is 1020 g/mol. The van der Waals surface area contributed by atoms with Crippen molar-refractivity contribution in [1.82, 2.24) is 35.3 Å². The quantitative estimate of drug-likeness (QED) is 0.0834. The summed E-state index contributed by atoms with van der Waals surface area (Å²) in [5.74, 6) is -1.60. The molecule has 3 N–H and O–H groups in total. The molecule has 77 heavy (non-hydrogen) atoms. The fourth-order valence-electron chi connectivity index (χ4n) is 10.4. The number of aromatic nitrogens is 2. The van der Waals surface area contributed by atoms with Crippen molar-refractivity contribution in [2.75, 3.05) is 75.1 Å². The number of alkyl halides is 3. The molecule has 0 aliphatic carbocycles. The molecule has 5 aliphatic heterocycles. The molecule has 3 saturated heterocycles. The lowest BCUT2D eigenvalue weighted by molar-refractivity contribution is -0.138. The number of imide groups is 1. The minimum atomic E-state index is -4.77. The predicted octanol–water partition coefficient (Wildman–Crippen LogP) is 7.23. The number of nitriles is 1. The number of carbonyl (C=O) groups excluding carboxylic acids is 5. The molecular formula is C55H57ClF3N11O7. The Bertz CT molecular complexity index is 3180. The zero-order valence-electron chi connectivity index (χ0n) is 42.6. The van der Waals surface area contributed by atoms with Crippen molar-refractivity contribution < 1.29 is 46.6 Å². The molecule has 18 nitrogen and oxygen atoms in total. The van der Waals surface area contributed by atoms with Gasteiger partial charge in [0.25, 0.3) is 11.8 Å². The Morgan fingerprint density at radius 3 is 2.44 bits per heavy atom. The zero-order chi connectivity index (χ0) is 54.5. The lowest BCUT2D eigenvalue weighted by atomic mass is 10.0. The summed E-state index contributed by atoms with van der Waals surface area (Å²) in [5.41, 5.74) is 2.97. The van der Waals surface area contributed by atoms with E-state index < -0.39 is 54.2 Å². The Hall–Kier alpha value is -7.96. The Morgan fingerprint density at radius 1 is 0.948 bits per heavy atom. The molecule has 22 heteroatoms. The molecule has 6 amide bonds. The first-order valence-corrected chi connectivity index (χ1v) is 25.7. The average Bonchev–Trinajstić information content (AvgIpc) is 4.04. The molecule has 4 aromatic carbocycles. The van der Waals surface area contributed by atoms with Crippen LogP contribution in [-0.2, 0) is 46.6 Å². The van der Waals surface area contributed by atoms with Crippen molar-refractivity contribution in [3.63, 3.8) is 0 Å². The second-order valence-corrected chi connectivity index (χ2v) is 19.9. The summed E-state index contributed by atoms with van der Waals surface area (Å²) in [7, 11) is 3.66. The number of urea groups is 1. The number of hydrogen-bond acceptors (Lipinski definition) is 13. The number of benzene rings is 4. The van der Waals surface area contributed by atoms with E-state index in [-0.39, 0.29) is 74.4 Å². The molecule has 2 unspecified atom stereocenters. The second-order valence-electron chi connectivity index (χ2n) is 19.5. The van der Waals surface area contributed by atoms with Crippen LogP contribution in [0, 0.1) is 11.3 Å². The van der Waals surface area contributed by atoms with E-state index >= 15 is 0 Å². The minimum Gasteiger partial charge on any atom is -0.487 e. The van der Waals surface area contributed by atoms with Crippen LogP contribution < -0.4 is 35.2 Å². The van der Waals surface area contributed by atoms with Crippen LogP contribution >= 0.6 is 11.6 Å². The second kappa shape index (κ2) is 23.1. The first-order valence-electron chi connectivity index (χ1n) is 25.3. The number of anilines is 3. The first-order chi connectivity index (χ1) is 37.0. The van der Waals surface area contributed by atoms with Gasteiger partial charge in [0, 0.05) is 73.5 Å². The topological polar surface area (TPSA) is 206 Å². The van der Waals surface area contributed by atoms with Gasteiger partial charge in [-0.2, -0.15) is 28.4 Å². The third kappa shape index (κ3) is 12.0. The summed E-state index contributed by atoms with van der Waals surface area (Å²) < 4.78 is 53.2. The van der Waals surface area contributed by atoms with Crippen molar-refractivity contribution in [2.45, 2.75) is 76.4 Å². The number of likely N-dealkylation sites (tertiary alicyclic amines) is 1. The fourth-order valence-corrected chi connectivity index (χ4v) is 10.7. The number of amides is 6. The Balaban J connectivity index is 0.00000113. The first kappa shape index (κ1) is 53.9. The molecule has 0 saturated carbocycles. The molecule has 0 spiro atoms. The van der Waals surface area contributed by atoms with Gasteiger partial charge in [-0.1, -0.05) is 54.6 Å². The molecule has 0 radical (unpaired) electrons. The van der Waals surface area contributed by atoms with Crippen molar-refractivity contribution in [3.8, 4) is 17.8 Å². The lowest BCUT2D eigenvalue weighted by Gasteiger charge is -2.42. The highest BCUT2D eigenvalue weighted by Crippen LogP contribution is 2.39. The van der Waals surface area contributed by atoms with E-state index in [9.17, 15) is 42.4 Å². The van der Waals surface area contributed by atoms with Gasteiger partial charge in [-0.05, 0) is 98.7 Å². The Morgan fingerprint density at radius 2 is 1.73 bits per heavy atom. The normalized spacial score (nSPS) is 18.4. The van der Waals surface area contributed by atoms with Gasteiger partial charge in [-0.3, -0.25) is 24.5 Å². The summed E-state index contributed by atoms with van der Waals surface area (Å²) in [6, 6.07) is 19.4. The number of piperazine rings is 1. The number of fused-ring (bicyclic) bond motifs is 3. The highest BCUT2D eigenvalue weighted by molar-refractivity contribution is 6.36. The van der Waals surface area contributed by atoms with Crippen LogP contribution in [0.3, 0.4) is 0 Å². The van der Waals surface area contributed by atoms with Gasteiger partial charge in [0.2, 0.25) is 11.8 Å². The van der Waals surface area contributed by atoms with Gasteiger partial charge < -0.3 is 44.6 Å². The molecule has 2 atom stereocenters. The van der Waals surface area contributed by atoms with Crippen LogP contribution in [0.15, 0.2) is 84.9 Å². The maximum absolute atomic E-state index is 14.0. The number of nitrogens with zero attached hydrogens (tertiary/aromatic N) is 8. The standard InChI is InChI=1S/C50H46ClF3N10O7.C5H11N/c1-28(27-71-41-22-32(50(52,53)54)10-12-37(41)57-48(69)56-23-29-9-11-34-31(21-29)24-64(47(34)68)40-13-14-42(65)59-45(40)66)46(67)63-20-19-62(25-33(63)15-17-55)44-35-16-18-61(26-38(35)58-49(60-44)70-2)39-8-4-6-30-5-3-7-36(51)43(30)39;1-6-4-2-3-5-6/h3-12,21-22,33,40H,1,13-16,18-20,23-27H2,2H3,(H2,56,57,69)(H,59,65,66);2-5H2,1H3. The van der Waals surface area contributed by atoms with E-state index in [0.717, 1.165) is 39.8 Å². The number of hydrogen-bond donors (Lipinski definition) is 3. The maximum atomic E-state index is 14.0. The van der Waals surface area contributed by atoms with E-state index in [1.54, 1.807) is 18.2 Å². The smallest absolute Gasteiger partial charge is 0.416 e. The summed E-state index contributed by atoms with van der Waals surface area (Å²) in [5, 5.41) is 19.9. The van der Waals surface area contributed by atoms with Crippen LogP contribution in [0.2, 0.25) is 5.02 Å². The maximum Gasteiger partial charge on any atom is 0.416 e. The number of ether oxygens (including phenoxy) is 2. The highest BCUT2D eigenvalue weighted by atomic mass is 35.5. The van der Waals surface area contributed by atoms with Gasteiger partial charge in [-0.25, -0.2) is 4.79 Å². The van der Waals surface area contributed by atoms with E-state index in [1.165, 1.54) is 42.8 Å². The average molecular weight is 1080 g/mol. The highest BCUT2D eigenvalue weighted by Gasteiger charge is 2.40. The molecule has 6 heterocycles. The molecule has 5 aliphatic rings. The van der Waals surface area contributed by atoms with Gasteiger partial charge in [-0.15, -0.1) is 0 Å². The largest absolute Gasteiger partial charge is 0.487 e. The lowest BCUT2D eigenvalue weighted by Crippen LogP contribution is -2.56. The SMILES string of the molecule is C=C(COc1cc(C(F)(F)F)ccc1NC(=O)NCc1ccc2c(c1)CN(C1CCC(=O)NC1=O)C2=O)C(=O)N1CCN(c2nc(OC)nc3c2CCN(c2cccc4cccc(Cl)c24)C3)CC1CC#N.CN1CCCC1. The number of nitrogens with one attached hydrogen (secondary N) is 3. The molecule has 10 rings (SSSR count). The number of rotatable bonds is 12. The zero-order valence-corrected chi connectivity index (χ0v) is 43.3. The molecule has 1 aromatic heterocycles. The predicted molar refractivity (Wildman–Crippen MR) is 281 cm³/mol. The van der Waals surface area contributed by atoms with Crippen molar-refractivity contribution in [1.29, 1.82) is 5.26 Å². The Kier molecular flexibility index (Phi) is 16.2. The minimum absolute atomic E-state index is 0.0432. The van der Waals surface area contributed by atoms with E-state index in [2.05, 4.69) is 45.4 Å². The number of piperidine rings is 1. The van der Waals surface area contributed by atoms with Crippen LogP contribution in [0.1, 0.15) is 70.4 Å². The van der Waals surface area contributed by atoms with Gasteiger partial charge in [0.15, 0.2) is 0 Å². The van der Waals surface area contributed by atoms with Crippen molar-refractivity contribution >= 4 is 69.2 Å². The summed E-state index contributed by atoms with van der Waals surface area (Å²) >= 11 is 6.69. The van der Waals surface area contributed by atoms with Gasteiger partial charge in [0.1, 0.15) is 24.2 Å². The van der Waals surface area contributed by atoms with E-state index in [0.29, 0.717) is 59.7 Å². The third-order valence-corrected chi connectivity index (χ3v) is 14.7. The monoisotopic (exact) mass is 1080 g/mol. The molecule has 402 valence electrons. The summed E-state index contributed by atoms with van der Waals surface area (Å²) in [6.07, 6.45) is -1.08. The van der Waals surface area contributed by atoms with Crippen LogP contribution in [0.25, 0.3) is 10.8 Å². The van der Waals surface area contributed by atoms with Crippen molar-refractivity contribution in [2.24, 2.45) is 0 Å². The third-order valence-electron chi connectivity index (χ3n) is 14.4. The summed E-state index contributed by atoms with van der Waals surface area (Å²) in [4.78, 5) is 83.4. The number of carbonyl (C=O) groups is 5. The fraction of sp³-hybridized carbons (Fsp3) is 0.382. The molecule has 3 fully saturated rings. The van der Waals surface area contributed by atoms with Gasteiger partial charge >= 0.3 is 18.2 Å². The van der Waals surface area contributed by atoms with E-state index in [1.807, 2.05) is 41.3 Å². The summed E-state index contributed by atoms with van der Waals surface area (Å²) in [6.45, 7) is 7.87. The van der Waals surface area contributed by atoms with Crippen molar-refractivity contribution in [3.05, 3.63) is 123 Å². The molecule has 5 aromatic rings. The Labute approximate surface area is 447 Å². The number of halogens is 4. The van der Waals surface area contributed by atoms with E-state index in [4.69, 9.17) is 31.0 Å².